The molecule has 0 spiro atoms. The second-order valence-electron chi connectivity index (χ2n) is 7.45. The fraction of sp³-hybridized carbons (Fsp3) is 0.273. The Labute approximate surface area is 190 Å². The third kappa shape index (κ3) is 5.34. The molecule has 1 unspecified atom stereocenters. The maximum absolute atomic E-state index is 13.4. The molecule has 1 saturated heterocycles. The van der Waals surface area contributed by atoms with Crippen LogP contribution in [0.15, 0.2) is 47.5 Å². The van der Waals surface area contributed by atoms with Gasteiger partial charge in [-0.25, -0.2) is 9.97 Å². The first-order valence-electron chi connectivity index (χ1n) is 10.1. The van der Waals surface area contributed by atoms with Crippen LogP contribution < -0.4 is 20.8 Å². The van der Waals surface area contributed by atoms with E-state index < -0.39 is 28.9 Å². The van der Waals surface area contributed by atoms with Crippen molar-refractivity contribution in [2.24, 2.45) is 5.73 Å². The number of carbonyl (C=O) groups is 1. The Bertz CT molecular complexity index is 1220. The van der Waals surface area contributed by atoms with Crippen LogP contribution in [0.2, 0.25) is 0 Å². The molecule has 1 aromatic carbocycles. The van der Waals surface area contributed by atoms with Gasteiger partial charge in [-0.3, -0.25) is 9.59 Å². The third-order valence-electron chi connectivity index (χ3n) is 5.00. The summed E-state index contributed by atoms with van der Waals surface area (Å²) in [4.78, 5) is 33.2. The molecule has 12 heteroatoms. The summed E-state index contributed by atoms with van der Waals surface area (Å²) in [5.74, 6) is -0.758. The van der Waals surface area contributed by atoms with Gasteiger partial charge in [0.15, 0.2) is 0 Å². The molecule has 0 aliphatic carbocycles. The lowest BCUT2D eigenvalue weighted by Crippen LogP contribution is -2.27. The van der Waals surface area contributed by atoms with E-state index in [0.29, 0.717) is 24.5 Å². The van der Waals surface area contributed by atoms with Crippen molar-refractivity contribution < 1.29 is 32.2 Å². The van der Waals surface area contributed by atoms with E-state index in [1.165, 1.54) is 24.3 Å². The van der Waals surface area contributed by atoms with Crippen molar-refractivity contribution in [1.29, 1.82) is 0 Å². The molecule has 0 bridgehead atoms. The molecular formula is C22H19F3N4O5. The van der Waals surface area contributed by atoms with E-state index in [-0.39, 0.29) is 29.8 Å². The number of aromatic amines is 1. The average molecular weight is 476 g/mol. The number of hydrogen-bond acceptors (Lipinski definition) is 7. The third-order valence-corrected chi connectivity index (χ3v) is 5.00. The number of ether oxygens (including phenoxy) is 3. The van der Waals surface area contributed by atoms with Crippen LogP contribution in [0, 0.1) is 0 Å². The summed E-state index contributed by atoms with van der Waals surface area (Å²) in [5.41, 5.74) is 2.43. The first-order chi connectivity index (χ1) is 16.2. The molecule has 3 heterocycles. The van der Waals surface area contributed by atoms with Crippen LogP contribution in [0.1, 0.15) is 28.0 Å². The molecule has 1 amide bonds. The predicted octanol–water partition coefficient (Wildman–Crippen LogP) is 2.70. The number of carbonyl (C=O) groups excluding carboxylic acids is 1. The number of aromatic nitrogens is 3. The Balaban J connectivity index is 1.46. The average Bonchev–Trinajstić information content (AvgIpc) is 3.31. The highest BCUT2D eigenvalue weighted by Gasteiger charge is 2.36. The lowest BCUT2D eigenvalue weighted by atomic mass is 10.0. The Hall–Kier alpha value is -3.93. The summed E-state index contributed by atoms with van der Waals surface area (Å²) in [6.07, 6.45) is -1.04. The highest BCUT2D eigenvalue weighted by molar-refractivity contribution is 5.94. The standard InChI is InChI=1S/C22H19F3N4O5/c23-22(24,25)18-16(7-17(19(26)30)20(31)29-18)13-1-3-14(4-2-13)33-10-12-8-27-21(28-9-12)34-15-5-6-32-11-15/h1-4,7-9,15H,5-6,10-11H2,(H2,26,30)(H,29,31). The number of nitrogens with zero attached hydrogens (tertiary/aromatic N) is 2. The quantitative estimate of drug-likeness (QED) is 0.536. The van der Waals surface area contributed by atoms with Gasteiger partial charge in [-0.15, -0.1) is 0 Å². The minimum Gasteiger partial charge on any atom is -0.489 e. The number of primary amides is 1. The largest absolute Gasteiger partial charge is 0.489 e. The number of nitrogens with one attached hydrogen (secondary N) is 1. The molecule has 4 rings (SSSR count). The summed E-state index contributed by atoms with van der Waals surface area (Å²) in [6.45, 7) is 1.25. The Morgan fingerprint density at radius 2 is 1.91 bits per heavy atom. The number of H-pyrrole nitrogens is 1. The summed E-state index contributed by atoms with van der Waals surface area (Å²) < 4.78 is 56.8. The van der Waals surface area contributed by atoms with Gasteiger partial charge in [0, 0.05) is 29.9 Å². The van der Waals surface area contributed by atoms with Crippen molar-refractivity contribution >= 4 is 5.91 Å². The van der Waals surface area contributed by atoms with Gasteiger partial charge in [0.05, 0.1) is 13.2 Å². The molecule has 3 aromatic rings. The number of nitrogens with two attached hydrogens (primary N) is 1. The Kier molecular flexibility index (Phi) is 6.50. The van der Waals surface area contributed by atoms with E-state index in [2.05, 4.69) is 9.97 Å². The lowest BCUT2D eigenvalue weighted by molar-refractivity contribution is -0.140. The molecule has 0 saturated carbocycles. The van der Waals surface area contributed by atoms with E-state index >= 15 is 0 Å². The summed E-state index contributed by atoms with van der Waals surface area (Å²) in [6, 6.07) is 6.74. The van der Waals surface area contributed by atoms with Crippen molar-refractivity contribution in [3.8, 4) is 22.9 Å². The zero-order valence-corrected chi connectivity index (χ0v) is 17.6. The number of benzene rings is 1. The van der Waals surface area contributed by atoms with Gasteiger partial charge in [-0.05, 0) is 23.8 Å². The molecule has 1 aliphatic rings. The van der Waals surface area contributed by atoms with Crippen LogP contribution in [-0.4, -0.2) is 40.2 Å². The SMILES string of the molecule is NC(=O)c1cc(-c2ccc(OCc3cnc(OC4CCOC4)nc3)cc2)c(C(F)(F)F)[nH]c1=O. The number of amides is 1. The molecular weight excluding hydrogens is 457 g/mol. The smallest absolute Gasteiger partial charge is 0.431 e. The van der Waals surface area contributed by atoms with Crippen LogP contribution in [0.4, 0.5) is 13.2 Å². The number of rotatable bonds is 7. The molecule has 0 radical (unpaired) electrons. The van der Waals surface area contributed by atoms with Gasteiger partial charge < -0.3 is 24.9 Å². The highest BCUT2D eigenvalue weighted by Crippen LogP contribution is 2.35. The van der Waals surface area contributed by atoms with Crippen LogP contribution in [0.25, 0.3) is 11.1 Å². The monoisotopic (exact) mass is 476 g/mol. The second kappa shape index (κ2) is 9.51. The van der Waals surface area contributed by atoms with Crippen molar-refractivity contribution in [1.82, 2.24) is 15.0 Å². The van der Waals surface area contributed by atoms with Crippen LogP contribution in [0.5, 0.6) is 11.8 Å². The first kappa shape index (κ1) is 23.2. The van der Waals surface area contributed by atoms with Gasteiger partial charge in [0.2, 0.25) is 0 Å². The second-order valence-corrected chi connectivity index (χ2v) is 7.45. The fourth-order valence-electron chi connectivity index (χ4n) is 3.30. The fourth-order valence-corrected chi connectivity index (χ4v) is 3.30. The summed E-state index contributed by atoms with van der Waals surface area (Å²) >= 11 is 0. The van der Waals surface area contributed by atoms with Gasteiger partial charge in [0.25, 0.3) is 11.5 Å². The van der Waals surface area contributed by atoms with Crippen molar-refractivity contribution in [3.63, 3.8) is 0 Å². The van der Waals surface area contributed by atoms with Gasteiger partial charge >= 0.3 is 12.2 Å². The molecule has 9 nitrogen and oxygen atoms in total. The minimum absolute atomic E-state index is 0.0695. The maximum atomic E-state index is 13.4. The van der Waals surface area contributed by atoms with Gasteiger partial charge in [0.1, 0.15) is 29.7 Å². The molecule has 1 atom stereocenters. The molecule has 178 valence electrons. The van der Waals surface area contributed by atoms with Gasteiger partial charge in [-0.2, -0.15) is 13.2 Å². The lowest BCUT2D eigenvalue weighted by Gasteiger charge is -2.14. The molecule has 1 aliphatic heterocycles. The van der Waals surface area contributed by atoms with Crippen LogP contribution >= 0.6 is 0 Å². The van der Waals surface area contributed by atoms with Gasteiger partial charge in [-0.1, -0.05) is 12.1 Å². The Morgan fingerprint density at radius 1 is 1.21 bits per heavy atom. The topological polar surface area (TPSA) is 129 Å². The summed E-state index contributed by atoms with van der Waals surface area (Å²) in [5, 5.41) is 0. The van der Waals surface area contributed by atoms with Crippen molar-refractivity contribution in [2.45, 2.75) is 25.3 Å². The van der Waals surface area contributed by atoms with E-state index in [1.807, 2.05) is 0 Å². The number of hydrogen-bond donors (Lipinski definition) is 2. The normalized spacial score (nSPS) is 15.8. The zero-order chi connectivity index (χ0) is 24.3. The van der Waals surface area contributed by atoms with E-state index in [9.17, 15) is 22.8 Å². The molecule has 3 N–H and O–H groups in total. The maximum Gasteiger partial charge on any atom is 0.431 e. The van der Waals surface area contributed by atoms with Crippen LogP contribution in [-0.2, 0) is 17.5 Å². The molecule has 34 heavy (non-hydrogen) atoms. The van der Waals surface area contributed by atoms with E-state index in [0.717, 1.165) is 12.5 Å². The van der Waals surface area contributed by atoms with Crippen molar-refractivity contribution in [2.75, 3.05) is 13.2 Å². The number of halogens is 3. The minimum atomic E-state index is -4.85. The highest BCUT2D eigenvalue weighted by atomic mass is 19.4. The van der Waals surface area contributed by atoms with E-state index in [1.54, 1.807) is 17.4 Å². The number of alkyl halides is 3. The van der Waals surface area contributed by atoms with Crippen LogP contribution in [0.3, 0.4) is 0 Å². The first-order valence-corrected chi connectivity index (χ1v) is 10.1. The summed E-state index contributed by atoms with van der Waals surface area (Å²) in [7, 11) is 0. The zero-order valence-electron chi connectivity index (χ0n) is 17.6. The predicted molar refractivity (Wildman–Crippen MR) is 112 cm³/mol. The van der Waals surface area contributed by atoms with Crippen molar-refractivity contribution in [3.05, 3.63) is 69.9 Å². The molecule has 1 fully saturated rings. The Morgan fingerprint density at radius 3 is 2.50 bits per heavy atom. The molecule has 2 aromatic heterocycles. The van der Waals surface area contributed by atoms with E-state index in [4.69, 9.17) is 19.9 Å². The number of pyridine rings is 1.